The van der Waals surface area contributed by atoms with Crippen LogP contribution in [-0.2, 0) is 10.8 Å². The van der Waals surface area contributed by atoms with E-state index in [1.165, 1.54) is 6.26 Å². The molecule has 1 aromatic rings. The molecule has 0 N–H and O–H groups in total. The van der Waals surface area contributed by atoms with Crippen molar-refractivity contribution in [2.24, 2.45) is 0 Å². The van der Waals surface area contributed by atoms with E-state index in [-0.39, 0.29) is 5.91 Å². The summed E-state index contributed by atoms with van der Waals surface area (Å²) < 4.78 is 16.6. The van der Waals surface area contributed by atoms with Crippen molar-refractivity contribution in [3.05, 3.63) is 22.6 Å². The number of furan rings is 1. The van der Waals surface area contributed by atoms with Crippen LogP contribution in [0.25, 0.3) is 0 Å². The van der Waals surface area contributed by atoms with E-state index in [4.69, 9.17) is 4.42 Å². The Morgan fingerprint density at radius 2 is 2.13 bits per heavy atom. The van der Waals surface area contributed by atoms with Gasteiger partial charge in [-0.05, 0) is 22.0 Å². The lowest BCUT2D eigenvalue weighted by Crippen LogP contribution is -2.41. The second kappa shape index (κ2) is 4.49. The van der Waals surface area contributed by atoms with Crippen LogP contribution in [0.4, 0.5) is 0 Å². The van der Waals surface area contributed by atoms with Gasteiger partial charge in [0.2, 0.25) is 0 Å². The third kappa shape index (κ3) is 2.31. The highest BCUT2D eigenvalue weighted by Crippen LogP contribution is 2.19. The highest BCUT2D eigenvalue weighted by molar-refractivity contribution is 9.10. The fraction of sp³-hybridized carbons (Fsp3) is 0.444. The lowest BCUT2D eigenvalue weighted by Gasteiger charge is -2.25. The minimum absolute atomic E-state index is 0.0627. The molecule has 1 aromatic heterocycles. The topological polar surface area (TPSA) is 50.5 Å². The molecule has 0 atom stereocenters. The van der Waals surface area contributed by atoms with Crippen LogP contribution in [0.15, 0.2) is 21.4 Å². The van der Waals surface area contributed by atoms with Gasteiger partial charge in [0.25, 0.3) is 5.91 Å². The maximum absolute atomic E-state index is 11.9. The van der Waals surface area contributed by atoms with Crippen molar-refractivity contribution >= 4 is 32.6 Å². The molecule has 2 rings (SSSR count). The minimum Gasteiger partial charge on any atom is -0.457 e. The van der Waals surface area contributed by atoms with Crippen molar-refractivity contribution < 1.29 is 13.4 Å². The average Bonchev–Trinajstić information content (AvgIpc) is 2.65. The summed E-state index contributed by atoms with van der Waals surface area (Å²) in [5.41, 5.74) is 0.530. The standard InChI is InChI=1S/C9H10BrNO3S/c10-8-7(1-4-14-8)9(12)11-2-5-15(13)6-3-11/h1,4H,2-3,5-6H2. The van der Waals surface area contributed by atoms with Gasteiger partial charge in [-0.15, -0.1) is 0 Å². The second-order valence-electron chi connectivity index (χ2n) is 3.25. The molecule has 0 spiro atoms. The Balaban J connectivity index is 2.09. The second-order valence-corrected chi connectivity index (χ2v) is 5.66. The largest absolute Gasteiger partial charge is 0.457 e. The van der Waals surface area contributed by atoms with E-state index in [2.05, 4.69) is 15.9 Å². The number of rotatable bonds is 1. The molecule has 0 radical (unpaired) electrons. The Bertz CT molecular complexity index is 394. The van der Waals surface area contributed by atoms with E-state index in [1.54, 1.807) is 11.0 Å². The molecule has 1 aliphatic heterocycles. The van der Waals surface area contributed by atoms with Crippen molar-refractivity contribution in [1.29, 1.82) is 0 Å². The van der Waals surface area contributed by atoms with Crippen LogP contribution in [0.3, 0.4) is 0 Å². The summed E-state index contributed by atoms with van der Waals surface area (Å²) >= 11 is 3.17. The summed E-state index contributed by atoms with van der Waals surface area (Å²) in [5.74, 6) is 1.08. The number of halogens is 1. The summed E-state index contributed by atoms with van der Waals surface area (Å²) in [4.78, 5) is 13.6. The van der Waals surface area contributed by atoms with Gasteiger partial charge in [0.05, 0.1) is 11.8 Å². The number of carbonyl (C=O) groups excluding carboxylic acids is 1. The zero-order chi connectivity index (χ0) is 10.8. The third-order valence-corrected chi connectivity index (χ3v) is 4.20. The summed E-state index contributed by atoms with van der Waals surface area (Å²) in [7, 11) is -0.759. The van der Waals surface area contributed by atoms with Crippen LogP contribution in [-0.4, -0.2) is 39.6 Å². The van der Waals surface area contributed by atoms with Gasteiger partial charge in [0, 0.05) is 35.4 Å². The van der Waals surface area contributed by atoms with Crippen molar-refractivity contribution in [2.75, 3.05) is 24.6 Å². The Kier molecular flexibility index (Phi) is 3.25. The molecule has 2 heterocycles. The summed E-state index contributed by atoms with van der Waals surface area (Å²) in [6.45, 7) is 1.12. The number of nitrogens with zero attached hydrogens (tertiary/aromatic N) is 1. The van der Waals surface area contributed by atoms with Gasteiger partial charge in [-0.2, -0.15) is 0 Å². The molecular weight excluding hydrogens is 282 g/mol. The van der Waals surface area contributed by atoms with E-state index in [9.17, 15) is 9.00 Å². The van der Waals surface area contributed by atoms with E-state index in [0.717, 1.165) is 0 Å². The Hall–Kier alpha value is -0.620. The first-order valence-electron chi connectivity index (χ1n) is 4.56. The molecule has 0 aromatic carbocycles. The smallest absolute Gasteiger partial charge is 0.258 e. The lowest BCUT2D eigenvalue weighted by atomic mass is 10.3. The van der Waals surface area contributed by atoms with Crippen LogP contribution in [0.2, 0.25) is 0 Å². The molecule has 6 heteroatoms. The zero-order valence-electron chi connectivity index (χ0n) is 7.94. The molecule has 0 bridgehead atoms. The van der Waals surface area contributed by atoms with Gasteiger partial charge < -0.3 is 9.32 Å². The number of hydrogen-bond acceptors (Lipinski definition) is 3. The Morgan fingerprint density at radius 1 is 1.47 bits per heavy atom. The van der Waals surface area contributed by atoms with Crippen LogP contribution in [0.1, 0.15) is 10.4 Å². The lowest BCUT2D eigenvalue weighted by molar-refractivity contribution is 0.0769. The fourth-order valence-electron chi connectivity index (χ4n) is 1.46. The van der Waals surface area contributed by atoms with Gasteiger partial charge in [-0.25, -0.2) is 0 Å². The quantitative estimate of drug-likeness (QED) is 0.782. The zero-order valence-corrected chi connectivity index (χ0v) is 10.3. The molecule has 1 amide bonds. The first-order valence-corrected chi connectivity index (χ1v) is 6.84. The Morgan fingerprint density at radius 3 is 2.67 bits per heavy atom. The first-order chi connectivity index (χ1) is 7.18. The van der Waals surface area contributed by atoms with Gasteiger partial charge in [-0.1, -0.05) is 0 Å². The monoisotopic (exact) mass is 291 g/mol. The number of carbonyl (C=O) groups is 1. The van der Waals surface area contributed by atoms with Crippen LogP contribution < -0.4 is 0 Å². The molecule has 0 unspecified atom stereocenters. The van der Waals surface area contributed by atoms with E-state index >= 15 is 0 Å². The average molecular weight is 292 g/mol. The number of hydrogen-bond donors (Lipinski definition) is 0. The maximum Gasteiger partial charge on any atom is 0.258 e. The van der Waals surface area contributed by atoms with Gasteiger partial charge in [-0.3, -0.25) is 9.00 Å². The molecule has 1 fully saturated rings. The van der Waals surface area contributed by atoms with Crippen LogP contribution in [0, 0.1) is 0 Å². The fourth-order valence-corrected chi connectivity index (χ4v) is 2.92. The molecule has 82 valence electrons. The van der Waals surface area contributed by atoms with E-state index in [0.29, 0.717) is 34.8 Å². The highest BCUT2D eigenvalue weighted by atomic mass is 79.9. The highest BCUT2D eigenvalue weighted by Gasteiger charge is 2.23. The molecule has 0 saturated carbocycles. The predicted molar refractivity (Wildman–Crippen MR) is 60.2 cm³/mol. The molecule has 15 heavy (non-hydrogen) atoms. The molecule has 4 nitrogen and oxygen atoms in total. The summed E-state index contributed by atoms with van der Waals surface area (Å²) in [5, 5.41) is 0. The van der Waals surface area contributed by atoms with Gasteiger partial charge >= 0.3 is 0 Å². The van der Waals surface area contributed by atoms with Crippen molar-refractivity contribution in [3.8, 4) is 0 Å². The maximum atomic E-state index is 11.9. The Labute approximate surface area is 98.2 Å². The summed E-state index contributed by atoms with van der Waals surface area (Å²) in [6, 6.07) is 1.64. The van der Waals surface area contributed by atoms with Crippen LogP contribution >= 0.6 is 15.9 Å². The van der Waals surface area contributed by atoms with Gasteiger partial charge in [0.1, 0.15) is 0 Å². The molecule has 1 aliphatic rings. The minimum atomic E-state index is -0.759. The summed E-state index contributed by atoms with van der Waals surface area (Å²) in [6.07, 6.45) is 1.47. The normalized spacial score (nSPS) is 18.1. The molecular formula is C9H10BrNO3S. The third-order valence-electron chi connectivity index (χ3n) is 2.31. The van der Waals surface area contributed by atoms with E-state index in [1.807, 2.05) is 0 Å². The molecule has 0 aliphatic carbocycles. The predicted octanol–water partition coefficient (Wildman–Crippen LogP) is 1.25. The van der Waals surface area contributed by atoms with Crippen LogP contribution in [0.5, 0.6) is 0 Å². The SMILES string of the molecule is O=C(c1ccoc1Br)N1CCS(=O)CC1. The van der Waals surface area contributed by atoms with Crippen molar-refractivity contribution in [1.82, 2.24) is 4.90 Å². The molecule has 1 saturated heterocycles. The first kappa shape index (κ1) is 10.9. The van der Waals surface area contributed by atoms with E-state index < -0.39 is 10.8 Å². The van der Waals surface area contributed by atoms with Crippen molar-refractivity contribution in [2.45, 2.75) is 0 Å². The van der Waals surface area contributed by atoms with Gasteiger partial charge in [0.15, 0.2) is 4.67 Å². The van der Waals surface area contributed by atoms with Crippen molar-refractivity contribution in [3.63, 3.8) is 0 Å². The number of amides is 1.